The Morgan fingerprint density at radius 2 is 2.21 bits per heavy atom. The number of furan rings is 1. The van der Waals surface area contributed by atoms with Crippen molar-refractivity contribution >= 4 is 23.3 Å². The first-order valence-electron chi connectivity index (χ1n) is 8.07. The van der Waals surface area contributed by atoms with Crippen molar-refractivity contribution in [3.8, 4) is 0 Å². The molecule has 0 N–H and O–H groups in total. The topological polar surface area (TPSA) is 63.6 Å². The van der Waals surface area contributed by atoms with E-state index in [2.05, 4.69) is 9.97 Å². The van der Waals surface area contributed by atoms with Crippen LogP contribution in [-0.2, 0) is 0 Å². The SMILES string of the molecule is O=C(c1cn2cc(Cl)cnc2n1)N1CCCCC[C@H]1c1ccco1. The summed E-state index contributed by atoms with van der Waals surface area (Å²) in [5.41, 5.74) is 0.378. The second-order valence-electron chi connectivity index (χ2n) is 5.98. The van der Waals surface area contributed by atoms with E-state index >= 15 is 0 Å². The number of likely N-dealkylation sites (tertiary alicyclic amines) is 1. The highest BCUT2D eigenvalue weighted by molar-refractivity contribution is 6.30. The molecule has 0 aliphatic carbocycles. The van der Waals surface area contributed by atoms with Gasteiger partial charge < -0.3 is 9.32 Å². The Kier molecular flexibility index (Phi) is 3.98. The Bertz CT molecular complexity index is 859. The maximum Gasteiger partial charge on any atom is 0.274 e. The number of carbonyl (C=O) groups excluding carboxylic acids is 1. The van der Waals surface area contributed by atoms with Gasteiger partial charge in [0.1, 0.15) is 11.5 Å². The van der Waals surface area contributed by atoms with Gasteiger partial charge in [0.25, 0.3) is 5.91 Å². The van der Waals surface area contributed by atoms with E-state index in [0.717, 1.165) is 31.4 Å². The number of carbonyl (C=O) groups is 1. The summed E-state index contributed by atoms with van der Waals surface area (Å²) in [4.78, 5) is 23.4. The summed E-state index contributed by atoms with van der Waals surface area (Å²) >= 11 is 5.95. The predicted molar refractivity (Wildman–Crippen MR) is 89.0 cm³/mol. The van der Waals surface area contributed by atoms with Gasteiger partial charge in [0.05, 0.1) is 23.5 Å². The molecule has 124 valence electrons. The molecule has 0 aromatic carbocycles. The molecule has 3 aromatic rings. The lowest BCUT2D eigenvalue weighted by Gasteiger charge is -2.27. The van der Waals surface area contributed by atoms with E-state index in [9.17, 15) is 4.79 Å². The summed E-state index contributed by atoms with van der Waals surface area (Å²) in [5, 5.41) is 0.502. The number of fused-ring (bicyclic) bond motifs is 1. The Morgan fingerprint density at radius 1 is 1.29 bits per heavy atom. The third kappa shape index (κ3) is 2.78. The number of rotatable bonds is 2. The van der Waals surface area contributed by atoms with Crippen LogP contribution in [0, 0.1) is 0 Å². The third-order valence-corrected chi connectivity index (χ3v) is 4.58. The van der Waals surface area contributed by atoms with Crippen LogP contribution in [0.2, 0.25) is 5.02 Å². The van der Waals surface area contributed by atoms with E-state index in [1.165, 1.54) is 6.20 Å². The molecule has 1 aliphatic rings. The summed E-state index contributed by atoms with van der Waals surface area (Å²) in [6.07, 6.45) is 10.6. The fourth-order valence-electron chi connectivity index (χ4n) is 3.24. The van der Waals surface area contributed by atoms with Gasteiger partial charge in [-0.3, -0.25) is 9.20 Å². The van der Waals surface area contributed by atoms with Gasteiger partial charge in [0, 0.05) is 18.9 Å². The van der Waals surface area contributed by atoms with Gasteiger partial charge in [-0.15, -0.1) is 0 Å². The number of hydrogen-bond donors (Lipinski definition) is 0. The van der Waals surface area contributed by atoms with Gasteiger partial charge in [0.2, 0.25) is 5.78 Å². The van der Waals surface area contributed by atoms with Gasteiger partial charge >= 0.3 is 0 Å². The highest BCUT2D eigenvalue weighted by atomic mass is 35.5. The molecule has 0 bridgehead atoms. The molecule has 7 heteroatoms. The first-order chi connectivity index (χ1) is 11.7. The van der Waals surface area contributed by atoms with Gasteiger partial charge in [-0.2, -0.15) is 0 Å². The molecule has 0 saturated carbocycles. The van der Waals surface area contributed by atoms with Crippen LogP contribution in [0.25, 0.3) is 5.78 Å². The van der Waals surface area contributed by atoms with E-state index in [1.54, 1.807) is 23.1 Å². The molecule has 4 rings (SSSR count). The zero-order chi connectivity index (χ0) is 16.5. The van der Waals surface area contributed by atoms with Crippen molar-refractivity contribution in [3.63, 3.8) is 0 Å². The predicted octanol–water partition coefficient (Wildman–Crippen LogP) is 3.73. The van der Waals surface area contributed by atoms with E-state index in [1.807, 2.05) is 17.0 Å². The summed E-state index contributed by atoms with van der Waals surface area (Å²) in [5.74, 6) is 1.20. The standard InChI is InChI=1S/C17H17ClN4O2/c18-12-9-19-17-20-13(11-21(17)10-12)16(23)22-7-3-1-2-5-14(22)15-6-4-8-24-15/h4,6,8-11,14H,1-3,5,7H2/t14-/m0/s1. The molecule has 0 radical (unpaired) electrons. The Labute approximate surface area is 144 Å². The van der Waals surface area contributed by atoms with Crippen LogP contribution in [0.15, 0.2) is 41.4 Å². The molecule has 4 heterocycles. The second kappa shape index (κ2) is 6.28. The second-order valence-corrected chi connectivity index (χ2v) is 6.42. The van der Waals surface area contributed by atoms with Crippen molar-refractivity contribution in [2.24, 2.45) is 0 Å². The molecular weight excluding hydrogens is 328 g/mol. The molecular formula is C17H17ClN4O2. The van der Waals surface area contributed by atoms with E-state index in [0.29, 0.717) is 23.0 Å². The maximum absolute atomic E-state index is 13.1. The van der Waals surface area contributed by atoms with Crippen molar-refractivity contribution in [1.29, 1.82) is 0 Å². The van der Waals surface area contributed by atoms with Crippen molar-refractivity contribution < 1.29 is 9.21 Å². The van der Waals surface area contributed by atoms with Gasteiger partial charge in [-0.25, -0.2) is 9.97 Å². The highest BCUT2D eigenvalue weighted by Gasteiger charge is 2.30. The van der Waals surface area contributed by atoms with Crippen molar-refractivity contribution in [2.75, 3.05) is 6.54 Å². The Balaban J connectivity index is 1.69. The molecule has 1 atom stereocenters. The van der Waals surface area contributed by atoms with Crippen LogP contribution in [0.5, 0.6) is 0 Å². The van der Waals surface area contributed by atoms with Crippen molar-refractivity contribution in [2.45, 2.75) is 31.7 Å². The number of amides is 1. The summed E-state index contributed by atoms with van der Waals surface area (Å²) in [7, 11) is 0. The molecule has 0 unspecified atom stereocenters. The monoisotopic (exact) mass is 344 g/mol. The van der Waals surface area contributed by atoms with Crippen molar-refractivity contribution in [3.05, 3.63) is 53.5 Å². The van der Waals surface area contributed by atoms with E-state index in [4.69, 9.17) is 16.0 Å². The average molecular weight is 345 g/mol. The number of hydrogen-bond acceptors (Lipinski definition) is 4. The minimum atomic E-state index is -0.0973. The molecule has 1 fully saturated rings. The molecule has 1 amide bonds. The third-order valence-electron chi connectivity index (χ3n) is 4.38. The fourth-order valence-corrected chi connectivity index (χ4v) is 3.39. The number of imidazole rings is 1. The molecule has 6 nitrogen and oxygen atoms in total. The lowest BCUT2D eigenvalue weighted by atomic mass is 10.1. The molecule has 3 aromatic heterocycles. The minimum Gasteiger partial charge on any atom is -0.467 e. The summed E-state index contributed by atoms with van der Waals surface area (Å²) in [6, 6.07) is 3.75. The Hall–Kier alpha value is -2.34. The number of nitrogens with zero attached hydrogens (tertiary/aromatic N) is 4. The fraction of sp³-hybridized carbons (Fsp3) is 0.353. The average Bonchev–Trinajstić information content (AvgIpc) is 3.18. The zero-order valence-corrected chi connectivity index (χ0v) is 13.8. The quantitative estimate of drug-likeness (QED) is 0.710. The van der Waals surface area contributed by atoms with Crippen molar-refractivity contribution in [1.82, 2.24) is 19.3 Å². The van der Waals surface area contributed by atoms with Gasteiger partial charge in [0.15, 0.2) is 0 Å². The zero-order valence-electron chi connectivity index (χ0n) is 13.1. The molecule has 24 heavy (non-hydrogen) atoms. The summed E-state index contributed by atoms with van der Waals surface area (Å²) in [6.45, 7) is 0.701. The van der Waals surface area contributed by atoms with Crippen LogP contribution < -0.4 is 0 Å². The largest absolute Gasteiger partial charge is 0.467 e. The van der Waals surface area contributed by atoms with Gasteiger partial charge in [-0.1, -0.05) is 24.4 Å². The van der Waals surface area contributed by atoms with Crippen LogP contribution in [0.3, 0.4) is 0 Å². The maximum atomic E-state index is 13.1. The van der Waals surface area contributed by atoms with Gasteiger partial charge in [-0.05, 0) is 25.0 Å². The molecule has 0 spiro atoms. The normalized spacial score (nSPS) is 18.7. The minimum absolute atomic E-state index is 0.0450. The highest BCUT2D eigenvalue weighted by Crippen LogP contribution is 2.31. The summed E-state index contributed by atoms with van der Waals surface area (Å²) < 4.78 is 7.25. The molecule has 1 saturated heterocycles. The molecule has 1 aliphatic heterocycles. The van der Waals surface area contributed by atoms with Crippen LogP contribution in [-0.4, -0.2) is 31.7 Å². The lowest BCUT2D eigenvalue weighted by molar-refractivity contribution is 0.0653. The first-order valence-corrected chi connectivity index (χ1v) is 8.45. The van der Waals surface area contributed by atoms with Crippen LogP contribution in [0.1, 0.15) is 48.0 Å². The first kappa shape index (κ1) is 15.2. The van der Waals surface area contributed by atoms with E-state index < -0.39 is 0 Å². The smallest absolute Gasteiger partial charge is 0.274 e. The van der Waals surface area contributed by atoms with Crippen LogP contribution in [0.4, 0.5) is 0 Å². The number of aromatic nitrogens is 3. The lowest BCUT2D eigenvalue weighted by Crippen LogP contribution is -2.34. The van der Waals surface area contributed by atoms with E-state index in [-0.39, 0.29) is 11.9 Å². The Morgan fingerprint density at radius 3 is 3.04 bits per heavy atom. The van der Waals surface area contributed by atoms with Crippen LogP contribution >= 0.6 is 11.6 Å². The number of halogens is 1.